The SMILES string of the molecule is CC(C)(Cc1ccc(F)cc1)NC(=O)[C@@H](N)CCC(=O)O. The molecule has 0 aliphatic carbocycles. The number of hydrogen-bond donors (Lipinski definition) is 3. The van der Waals surface area contributed by atoms with Gasteiger partial charge in [0, 0.05) is 12.0 Å². The predicted molar refractivity (Wildman–Crippen MR) is 77.2 cm³/mol. The second kappa shape index (κ2) is 7.17. The fourth-order valence-corrected chi connectivity index (χ4v) is 1.99. The maximum atomic E-state index is 12.9. The molecule has 0 saturated heterocycles. The first-order valence-corrected chi connectivity index (χ1v) is 6.73. The van der Waals surface area contributed by atoms with Gasteiger partial charge >= 0.3 is 5.97 Å². The smallest absolute Gasteiger partial charge is 0.303 e. The van der Waals surface area contributed by atoms with Crippen LogP contribution in [0.2, 0.25) is 0 Å². The highest BCUT2D eigenvalue weighted by atomic mass is 19.1. The first-order valence-electron chi connectivity index (χ1n) is 6.73. The molecule has 1 atom stereocenters. The average molecular weight is 296 g/mol. The van der Waals surface area contributed by atoms with Gasteiger partial charge in [-0.1, -0.05) is 12.1 Å². The number of carboxylic acids is 1. The van der Waals surface area contributed by atoms with Crippen molar-refractivity contribution in [2.45, 2.75) is 44.7 Å². The summed E-state index contributed by atoms with van der Waals surface area (Å²) in [5.41, 5.74) is 5.99. The summed E-state index contributed by atoms with van der Waals surface area (Å²) in [6.45, 7) is 3.66. The Bertz CT molecular complexity index is 500. The van der Waals surface area contributed by atoms with Gasteiger partial charge in [-0.25, -0.2) is 4.39 Å². The zero-order valence-corrected chi connectivity index (χ0v) is 12.2. The largest absolute Gasteiger partial charge is 0.481 e. The van der Waals surface area contributed by atoms with Gasteiger partial charge in [0.2, 0.25) is 5.91 Å². The summed E-state index contributed by atoms with van der Waals surface area (Å²) in [4.78, 5) is 22.4. The molecule has 0 radical (unpaired) electrons. The Labute approximate surface area is 123 Å². The molecule has 0 bridgehead atoms. The number of carboxylic acid groups (broad SMARTS) is 1. The van der Waals surface area contributed by atoms with E-state index in [1.165, 1.54) is 12.1 Å². The molecule has 0 saturated carbocycles. The fourth-order valence-electron chi connectivity index (χ4n) is 1.99. The average Bonchev–Trinajstić information content (AvgIpc) is 2.37. The van der Waals surface area contributed by atoms with Gasteiger partial charge in [-0.3, -0.25) is 9.59 Å². The van der Waals surface area contributed by atoms with Crippen LogP contribution in [0.4, 0.5) is 4.39 Å². The van der Waals surface area contributed by atoms with Gasteiger partial charge in [0.25, 0.3) is 0 Å². The summed E-state index contributed by atoms with van der Waals surface area (Å²) in [5, 5.41) is 11.4. The Kier molecular flexibility index (Phi) is 5.84. The van der Waals surface area contributed by atoms with Gasteiger partial charge in [0.1, 0.15) is 5.82 Å². The molecule has 0 aromatic heterocycles. The Hall–Kier alpha value is -1.95. The molecule has 1 aromatic rings. The van der Waals surface area contributed by atoms with E-state index in [2.05, 4.69) is 5.32 Å². The lowest BCUT2D eigenvalue weighted by Crippen LogP contribution is -2.51. The highest BCUT2D eigenvalue weighted by Crippen LogP contribution is 2.14. The molecule has 0 heterocycles. The Morgan fingerprint density at radius 1 is 1.33 bits per heavy atom. The third-order valence-electron chi connectivity index (χ3n) is 3.03. The van der Waals surface area contributed by atoms with Gasteiger partial charge in [0.15, 0.2) is 0 Å². The monoisotopic (exact) mass is 296 g/mol. The minimum absolute atomic E-state index is 0.0911. The Morgan fingerprint density at radius 2 is 1.90 bits per heavy atom. The molecule has 1 aromatic carbocycles. The van der Waals surface area contributed by atoms with E-state index >= 15 is 0 Å². The normalized spacial score (nSPS) is 12.8. The van der Waals surface area contributed by atoms with Crippen LogP contribution in [0.5, 0.6) is 0 Å². The number of carbonyl (C=O) groups excluding carboxylic acids is 1. The maximum Gasteiger partial charge on any atom is 0.303 e. The van der Waals surface area contributed by atoms with Crippen LogP contribution in [-0.4, -0.2) is 28.6 Å². The lowest BCUT2D eigenvalue weighted by molar-refractivity contribution is -0.137. The topological polar surface area (TPSA) is 92.4 Å². The second-order valence-corrected chi connectivity index (χ2v) is 5.72. The lowest BCUT2D eigenvalue weighted by Gasteiger charge is -2.28. The Balaban J connectivity index is 2.56. The number of aliphatic carboxylic acids is 1. The molecule has 0 aliphatic heterocycles. The van der Waals surface area contributed by atoms with Gasteiger partial charge in [-0.15, -0.1) is 0 Å². The number of nitrogens with two attached hydrogens (primary N) is 1. The van der Waals surface area contributed by atoms with E-state index < -0.39 is 17.6 Å². The van der Waals surface area contributed by atoms with Crippen LogP contribution in [0.15, 0.2) is 24.3 Å². The van der Waals surface area contributed by atoms with Gasteiger partial charge in [0.05, 0.1) is 6.04 Å². The van der Waals surface area contributed by atoms with Crippen LogP contribution in [0, 0.1) is 5.82 Å². The molecular weight excluding hydrogens is 275 g/mol. The number of amides is 1. The van der Waals surface area contributed by atoms with Crippen LogP contribution in [0.25, 0.3) is 0 Å². The fraction of sp³-hybridized carbons (Fsp3) is 0.467. The van der Waals surface area contributed by atoms with Gasteiger partial charge in [-0.05, 0) is 44.4 Å². The minimum atomic E-state index is -0.983. The quantitative estimate of drug-likeness (QED) is 0.710. The molecule has 4 N–H and O–H groups in total. The van der Waals surface area contributed by atoms with Crippen LogP contribution in [0.1, 0.15) is 32.3 Å². The van der Waals surface area contributed by atoms with Crippen molar-refractivity contribution >= 4 is 11.9 Å². The highest BCUT2D eigenvalue weighted by Gasteiger charge is 2.24. The molecule has 1 rings (SSSR count). The van der Waals surface area contributed by atoms with Crippen LogP contribution in [-0.2, 0) is 16.0 Å². The van der Waals surface area contributed by atoms with Gasteiger partial charge in [-0.2, -0.15) is 0 Å². The molecule has 0 fully saturated rings. The number of halogens is 1. The van der Waals surface area contributed by atoms with Crippen molar-refractivity contribution < 1.29 is 19.1 Å². The van der Waals surface area contributed by atoms with Gasteiger partial charge < -0.3 is 16.2 Å². The van der Waals surface area contributed by atoms with Crippen molar-refractivity contribution in [2.75, 3.05) is 0 Å². The first kappa shape index (κ1) is 17.1. The van der Waals surface area contributed by atoms with E-state index in [1.807, 2.05) is 13.8 Å². The summed E-state index contributed by atoms with van der Waals surface area (Å²) in [7, 11) is 0. The second-order valence-electron chi connectivity index (χ2n) is 5.72. The molecule has 5 nitrogen and oxygen atoms in total. The Morgan fingerprint density at radius 3 is 2.43 bits per heavy atom. The number of carbonyl (C=O) groups is 2. The summed E-state index contributed by atoms with van der Waals surface area (Å²) >= 11 is 0. The standard InChI is InChI=1S/C15H21FN2O3/c1-15(2,9-10-3-5-11(16)6-4-10)18-14(21)12(17)7-8-13(19)20/h3-6,12H,7-9,17H2,1-2H3,(H,18,21)(H,19,20)/t12-/m0/s1. The van der Waals surface area contributed by atoms with E-state index in [9.17, 15) is 14.0 Å². The van der Waals surface area contributed by atoms with E-state index in [-0.39, 0.29) is 24.6 Å². The molecule has 6 heteroatoms. The van der Waals surface area contributed by atoms with Crippen molar-refractivity contribution in [1.29, 1.82) is 0 Å². The zero-order valence-electron chi connectivity index (χ0n) is 12.2. The molecular formula is C15H21FN2O3. The molecule has 116 valence electrons. The van der Waals surface area contributed by atoms with E-state index in [0.29, 0.717) is 6.42 Å². The van der Waals surface area contributed by atoms with Crippen LogP contribution >= 0.6 is 0 Å². The van der Waals surface area contributed by atoms with Crippen molar-refractivity contribution in [1.82, 2.24) is 5.32 Å². The van der Waals surface area contributed by atoms with Crippen LogP contribution in [0.3, 0.4) is 0 Å². The molecule has 0 aliphatic rings. The minimum Gasteiger partial charge on any atom is -0.481 e. The van der Waals surface area contributed by atoms with Crippen molar-refractivity contribution in [3.05, 3.63) is 35.6 Å². The lowest BCUT2D eigenvalue weighted by atomic mass is 9.94. The predicted octanol–water partition coefficient (Wildman–Crippen LogP) is 1.46. The summed E-state index contributed by atoms with van der Waals surface area (Å²) < 4.78 is 12.9. The number of nitrogens with one attached hydrogen (secondary N) is 1. The molecule has 1 amide bonds. The zero-order chi connectivity index (χ0) is 16.0. The molecule has 0 spiro atoms. The van der Waals surface area contributed by atoms with Crippen molar-refractivity contribution in [2.24, 2.45) is 5.73 Å². The highest BCUT2D eigenvalue weighted by molar-refractivity contribution is 5.82. The number of rotatable bonds is 7. The van der Waals surface area contributed by atoms with E-state index in [0.717, 1.165) is 5.56 Å². The number of benzene rings is 1. The summed E-state index contributed by atoms with van der Waals surface area (Å²) in [5.74, 6) is -1.68. The number of hydrogen-bond acceptors (Lipinski definition) is 3. The third kappa shape index (κ3) is 6.35. The summed E-state index contributed by atoms with van der Waals surface area (Å²) in [6.07, 6.45) is 0.464. The van der Waals surface area contributed by atoms with Crippen molar-refractivity contribution in [3.8, 4) is 0 Å². The van der Waals surface area contributed by atoms with E-state index in [1.54, 1.807) is 12.1 Å². The molecule has 21 heavy (non-hydrogen) atoms. The van der Waals surface area contributed by atoms with Crippen molar-refractivity contribution in [3.63, 3.8) is 0 Å². The summed E-state index contributed by atoms with van der Waals surface area (Å²) in [6, 6.07) is 5.20. The maximum absolute atomic E-state index is 12.9. The first-order chi connectivity index (χ1) is 9.69. The molecule has 0 unspecified atom stereocenters. The third-order valence-corrected chi connectivity index (χ3v) is 3.03. The van der Waals surface area contributed by atoms with E-state index in [4.69, 9.17) is 10.8 Å². The van der Waals surface area contributed by atoms with Crippen LogP contribution < -0.4 is 11.1 Å².